The Morgan fingerprint density at radius 3 is 2.86 bits per heavy atom. The lowest BCUT2D eigenvalue weighted by atomic mass is 10.0. The summed E-state index contributed by atoms with van der Waals surface area (Å²) in [4.78, 5) is 10.3. The molecular formula is C22H22N6. The summed E-state index contributed by atoms with van der Waals surface area (Å²) in [7, 11) is 0. The molecule has 0 aliphatic carbocycles. The second-order valence-corrected chi connectivity index (χ2v) is 7.11. The van der Waals surface area contributed by atoms with E-state index in [0.717, 1.165) is 38.3 Å². The van der Waals surface area contributed by atoms with E-state index in [2.05, 4.69) is 79.0 Å². The fourth-order valence-corrected chi connectivity index (χ4v) is 3.86. The minimum Gasteiger partial charge on any atom is -0.361 e. The lowest BCUT2D eigenvalue weighted by Crippen LogP contribution is -2.31. The number of fused-ring (bicyclic) bond motifs is 2. The highest BCUT2D eigenvalue weighted by Gasteiger charge is 2.17. The van der Waals surface area contributed by atoms with Crippen LogP contribution in [0.2, 0.25) is 0 Å². The fourth-order valence-electron chi connectivity index (χ4n) is 3.86. The molecule has 0 unspecified atom stereocenters. The van der Waals surface area contributed by atoms with Gasteiger partial charge in [0.2, 0.25) is 5.95 Å². The molecule has 6 nitrogen and oxygen atoms in total. The van der Waals surface area contributed by atoms with Crippen LogP contribution in [0.1, 0.15) is 16.7 Å². The number of H-pyrrole nitrogens is 1. The smallest absolute Gasteiger partial charge is 0.244 e. The Balaban J connectivity index is 1.25. The van der Waals surface area contributed by atoms with Crippen LogP contribution in [0, 0.1) is 0 Å². The van der Waals surface area contributed by atoms with Crippen molar-refractivity contribution in [1.82, 2.24) is 20.2 Å². The third-order valence-corrected chi connectivity index (χ3v) is 5.35. The first-order valence-electron chi connectivity index (χ1n) is 9.67. The molecule has 0 radical (unpaired) electrons. The molecule has 2 aromatic carbocycles. The third kappa shape index (κ3) is 3.29. The molecule has 0 fully saturated rings. The average molecular weight is 370 g/mol. The van der Waals surface area contributed by atoms with Crippen LogP contribution in [0.25, 0.3) is 10.9 Å². The summed E-state index contributed by atoms with van der Waals surface area (Å²) in [5.41, 5.74) is 5.25. The summed E-state index contributed by atoms with van der Waals surface area (Å²) in [6.07, 6.45) is 5.75. The van der Waals surface area contributed by atoms with Crippen molar-refractivity contribution < 1.29 is 0 Å². The molecule has 2 N–H and O–H groups in total. The van der Waals surface area contributed by atoms with Crippen molar-refractivity contribution in [3.05, 3.63) is 77.6 Å². The molecule has 0 saturated heterocycles. The highest BCUT2D eigenvalue weighted by Crippen LogP contribution is 2.23. The zero-order valence-corrected chi connectivity index (χ0v) is 15.6. The van der Waals surface area contributed by atoms with Gasteiger partial charge in [-0.3, -0.25) is 0 Å². The Morgan fingerprint density at radius 2 is 1.89 bits per heavy atom. The van der Waals surface area contributed by atoms with Gasteiger partial charge < -0.3 is 15.2 Å². The van der Waals surface area contributed by atoms with Gasteiger partial charge in [-0.2, -0.15) is 10.1 Å². The normalized spacial score (nSPS) is 13.5. The molecule has 1 aliphatic rings. The second kappa shape index (κ2) is 7.31. The number of anilines is 2. The highest BCUT2D eigenvalue weighted by atomic mass is 15.3. The van der Waals surface area contributed by atoms with Crippen LogP contribution in [0.4, 0.5) is 11.8 Å². The van der Waals surface area contributed by atoms with Gasteiger partial charge in [-0.1, -0.05) is 42.5 Å². The standard InChI is InChI=1S/C22H22N6/c1-2-6-18-15-28(12-10-16(18)5-1)21-14-25-27-22(26-21)23-11-9-17-13-24-20-8-4-3-7-19(17)20/h1-8,13-14,24H,9-12,15H2,(H,23,26,27). The van der Waals surface area contributed by atoms with Gasteiger partial charge >= 0.3 is 0 Å². The van der Waals surface area contributed by atoms with E-state index in [9.17, 15) is 0 Å². The summed E-state index contributed by atoms with van der Waals surface area (Å²) < 4.78 is 0. The summed E-state index contributed by atoms with van der Waals surface area (Å²) in [5, 5.41) is 12.9. The molecule has 140 valence electrons. The van der Waals surface area contributed by atoms with Gasteiger partial charge in [0.05, 0.1) is 6.20 Å². The summed E-state index contributed by atoms with van der Waals surface area (Å²) >= 11 is 0. The van der Waals surface area contributed by atoms with Crippen LogP contribution >= 0.6 is 0 Å². The van der Waals surface area contributed by atoms with Gasteiger partial charge in [0.1, 0.15) is 0 Å². The molecular weight excluding hydrogens is 348 g/mol. The average Bonchev–Trinajstić information content (AvgIpc) is 3.17. The summed E-state index contributed by atoms with van der Waals surface area (Å²) in [6, 6.07) is 17.0. The van der Waals surface area contributed by atoms with Crippen molar-refractivity contribution in [2.75, 3.05) is 23.3 Å². The SMILES string of the molecule is c1ccc2c(c1)CCN(c1cnnc(NCCc3c[nH]c4ccccc34)n1)C2. The van der Waals surface area contributed by atoms with Crippen LogP contribution in [-0.4, -0.2) is 33.3 Å². The van der Waals surface area contributed by atoms with E-state index < -0.39 is 0 Å². The van der Waals surface area contributed by atoms with Crippen LogP contribution in [-0.2, 0) is 19.4 Å². The van der Waals surface area contributed by atoms with E-state index in [1.165, 1.54) is 27.6 Å². The third-order valence-electron chi connectivity index (χ3n) is 5.35. The number of aromatic nitrogens is 4. The van der Waals surface area contributed by atoms with Gasteiger partial charge in [-0.25, -0.2) is 0 Å². The maximum Gasteiger partial charge on any atom is 0.244 e. The number of aromatic amines is 1. The number of nitrogens with zero attached hydrogens (tertiary/aromatic N) is 4. The van der Waals surface area contributed by atoms with Gasteiger partial charge in [0, 0.05) is 36.7 Å². The molecule has 6 heteroatoms. The van der Waals surface area contributed by atoms with E-state index >= 15 is 0 Å². The second-order valence-electron chi connectivity index (χ2n) is 7.11. The van der Waals surface area contributed by atoms with Crippen LogP contribution in [0.5, 0.6) is 0 Å². The first-order valence-corrected chi connectivity index (χ1v) is 9.67. The zero-order chi connectivity index (χ0) is 18.8. The molecule has 2 aromatic heterocycles. The Hall–Kier alpha value is -3.41. The van der Waals surface area contributed by atoms with Crippen molar-refractivity contribution in [1.29, 1.82) is 0 Å². The van der Waals surface area contributed by atoms with E-state index in [1.807, 2.05) is 6.07 Å². The number of para-hydroxylation sites is 1. The molecule has 5 rings (SSSR count). The minimum absolute atomic E-state index is 0.580. The highest BCUT2D eigenvalue weighted by molar-refractivity contribution is 5.83. The van der Waals surface area contributed by atoms with Crippen molar-refractivity contribution in [3.63, 3.8) is 0 Å². The van der Waals surface area contributed by atoms with E-state index in [4.69, 9.17) is 0 Å². The fraction of sp³-hybridized carbons (Fsp3) is 0.227. The Bertz CT molecular complexity index is 1100. The Kier molecular flexibility index (Phi) is 4.37. The first kappa shape index (κ1) is 16.7. The molecule has 0 spiro atoms. The maximum atomic E-state index is 4.68. The lowest BCUT2D eigenvalue weighted by molar-refractivity contribution is 0.714. The maximum absolute atomic E-state index is 4.68. The van der Waals surface area contributed by atoms with E-state index in [0.29, 0.717) is 5.95 Å². The largest absolute Gasteiger partial charge is 0.361 e. The molecule has 0 saturated carbocycles. The molecule has 0 atom stereocenters. The van der Waals surface area contributed by atoms with Gasteiger partial charge in [-0.15, -0.1) is 5.10 Å². The quantitative estimate of drug-likeness (QED) is 0.562. The number of rotatable bonds is 5. The van der Waals surface area contributed by atoms with Crippen LogP contribution in [0.15, 0.2) is 60.9 Å². The van der Waals surface area contributed by atoms with Crippen molar-refractivity contribution in [2.45, 2.75) is 19.4 Å². The predicted octanol–water partition coefficient (Wildman–Crippen LogP) is 3.57. The van der Waals surface area contributed by atoms with Gasteiger partial charge in [0.25, 0.3) is 0 Å². The van der Waals surface area contributed by atoms with E-state index in [-0.39, 0.29) is 0 Å². The summed E-state index contributed by atoms with van der Waals surface area (Å²) in [6.45, 7) is 2.57. The number of benzene rings is 2. The van der Waals surface area contributed by atoms with Gasteiger partial charge in [-0.05, 0) is 35.6 Å². The molecule has 0 bridgehead atoms. The predicted molar refractivity (Wildman–Crippen MR) is 112 cm³/mol. The zero-order valence-electron chi connectivity index (χ0n) is 15.6. The van der Waals surface area contributed by atoms with Crippen molar-refractivity contribution in [3.8, 4) is 0 Å². The number of nitrogens with one attached hydrogen (secondary N) is 2. The van der Waals surface area contributed by atoms with Crippen LogP contribution < -0.4 is 10.2 Å². The van der Waals surface area contributed by atoms with Crippen molar-refractivity contribution in [2.24, 2.45) is 0 Å². The number of hydrogen-bond donors (Lipinski definition) is 2. The van der Waals surface area contributed by atoms with Crippen LogP contribution in [0.3, 0.4) is 0 Å². The molecule has 4 aromatic rings. The Labute approximate surface area is 163 Å². The molecule has 3 heterocycles. The van der Waals surface area contributed by atoms with Gasteiger partial charge in [0.15, 0.2) is 5.82 Å². The topological polar surface area (TPSA) is 69.7 Å². The molecule has 28 heavy (non-hydrogen) atoms. The molecule has 0 amide bonds. The lowest BCUT2D eigenvalue weighted by Gasteiger charge is -2.29. The van der Waals surface area contributed by atoms with E-state index in [1.54, 1.807) is 6.20 Å². The van der Waals surface area contributed by atoms with Crippen molar-refractivity contribution >= 4 is 22.7 Å². The summed E-state index contributed by atoms with van der Waals surface area (Å²) in [5.74, 6) is 1.45. The first-order chi connectivity index (χ1) is 13.9. The minimum atomic E-state index is 0.580. The number of hydrogen-bond acceptors (Lipinski definition) is 5. The molecule has 1 aliphatic heterocycles. The Morgan fingerprint density at radius 1 is 1.04 bits per heavy atom. The monoisotopic (exact) mass is 370 g/mol.